The number of aliphatic hydroxyl groups is 5. The van der Waals surface area contributed by atoms with E-state index in [0.717, 1.165) is 0 Å². The molecule has 0 spiro atoms. The minimum Gasteiger partial charge on any atom is -0.458 e. The largest absolute Gasteiger partial charge is 0.509 e. The smallest absolute Gasteiger partial charge is 0.458 e. The van der Waals surface area contributed by atoms with Crippen molar-refractivity contribution in [2.24, 2.45) is 46.3 Å². The summed E-state index contributed by atoms with van der Waals surface area (Å²) < 4.78 is 68.2. The number of alkyl halides is 1. The average molecular weight is 1160 g/mol. The molecule has 0 radical (unpaired) electrons. The van der Waals surface area contributed by atoms with Gasteiger partial charge in [0, 0.05) is 67.9 Å². The third kappa shape index (κ3) is 11.4. The molecule has 4 aliphatic heterocycles. The Morgan fingerprint density at radius 2 is 1.59 bits per heavy atom. The summed E-state index contributed by atoms with van der Waals surface area (Å²) in [5.41, 5.74) is -8.66. The van der Waals surface area contributed by atoms with Gasteiger partial charge in [-0.15, -0.1) is 0 Å². The standard InChI is InChI=1S/C61H98FN3O17/c1-16-43-49-48(80-55(72)81-49)36(7)65(23-17-22-63-54(71)61(74)32(3)24-41-40-19-18-38-26-39(66)20-21-56(38,9)60(40,62)44(67)28-57(41,61)10)30-31(2)27-58(11,73)51(82-53-46(68)42(64(13)14)25-33(4)76-53)34(5)47(35(6)52(70)78-43)79-45-29-59(12,75-15)50(69)37(8)77-45/h20-21,26,31-37,40-51,53,67-69,73-74H,16-19,22-25,27-30H2,1-15H3,(H,63,71)/t31-,32-,33-,34-,35-,36-,37+,40?,41?,42+,43-,44+,45?,46-,47+,48?,49?,50+,51-,53?,56+,57+,58-,59-,60+,61+/m1/s1. The zero-order valence-electron chi connectivity index (χ0n) is 51.2. The van der Waals surface area contributed by atoms with Crippen LogP contribution in [0.15, 0.2) is 23.8 Å². The highest BCUT2D eigenvalue weighted by Crippen LogP contribution is 2.70. The molecule has 20 nitrogen and oxygen atoms in total. The van der Waals surface area contributed by atoms with Crippen LogP contribution in [0.4, 0.5) is 9.18 Å². The van der Waals surface area contributed by atoms with Crippen molar-refractivity contribution >= 4 is 23.8 Å². The SMILES string of the molecule is CC[C@H]1OC(=O)[C@H](C)[C@@H](OC2C[C@@](C)(OC)[C@@H](O)[C@H](C)O2)[C@@H](C)[C@@H](OC2O[C@H](C)C[C@H](N(C)C)[C@H]2O)[C@](C)(O)C[C@@H](C)CN(CCCNC(=O)[C@@]2(O)[C@H](C)CC3C4CCC5=CC(=O)C=C[C@]5(C)[C@@]4(F)[C@@H](O)C[C@@]32C)[C@H](C)C2OC(=O)OC21. The fraction of sp³-hybridized carbons (Fsp3) is 0.869. The second-order valence-electron chi connectivity index (χ2n) is 27.3. The van der Waals surface area contributed by atoms with E-state index >= 15 is 4.39 Å². The lowest BCUT2D eigenvalue weighted by atomic mass is 9.44. The van der Waals surface area contributed by atoms with Gasteiger partial charge in [0.25, 0.3) is 5.91 Å². The predicted molar refractivity (Wildman–Crippen MR) is 297 cm³/mol. The first-order valence-corrected chi connectivity index (χ1v) is 30.3. The number of nitrogens with zero attached hydrogens (tertiary/aromatic N) is 2. The van der Waals surface area contributed by atoms with Crippen LogP contribution in [0.5, 0.6) is 0 Å². The van der Waals surface area contributed by atoms with E-state index in [9.17, 15) is 44.7 Å². The van der Waals surface area contributed by atoms with Gasteiger partial charge < -0.3 is 73.6 Å². The maximum Gasteiger partial charge on any atom is 0.509 e. The van der Waals surface area contributed by atoms with Crippen LogP contribution in [0.3, 0.4) is 0 Å². The van der Waals surface area contributed by atoms with Crippen molar-refractivity contribution in [2.45, 2.75) is 249 Å². The van der Waals surface area contributed by atoms with Gasteiger partial charge in [-0.1, -0.05) is 46.3 Å². The van der Waals surface area contributed by atoms with E-state index < -0.39 is 154 Å². The zero-order valence-corrected chi connectivity index (χ0v) is 51.2. The molecule has 466 valence electrons. The van der Waals surface area contributed by atoms with E-state index in [1.807, 2.05) is 39.8 Å². The number of fused-ring (bicyclic) bond motifs is 6. The van der Waals surface area contributed by atoms with Crippen molar-refractivity contribution in [2.75, 3.05) is 40.8 Å². The summed E-state index contributed by atoms with van der Waals surface area (Å²) in [6.07, 6.45) is -6.47. The highest BCUT2D eigenvalue weighted by atomic mass is 19.1. The molecule has 3 saturated carbocycles. The number of hydrogen-bond acceptors (Lipinski definition) is 19. The molecular weight excluding hydrogens is 1070 g/mol. The molecule has 0 aromatic heterocycles. The number of hydrogen-bond donors (Lipinski definition) is 6. The van der Waals surface area contributed by atoms with Crippen molar-refractivity contribution < 1.29 is 87.0 Å². The third-order valence-corrected chi connectivity index (χ3v) is 21.5. The molecule has 4 saturated heterocycles. The molecule has 8 rings (SSSR count). The average Bonchev–Trinajstić information content (AvgIpc) is 1.50. The van der Waals surface area contributed by atoms with Gasteiger partial charge >= 0.3 is 12.1 Å². The molecule has 0 aromatic carbocycles. The number of carbonyl (C=O) groups is 4. The Morgan fingerprint density at radius 3 is 2.24 bits per heavy atom. The van der Waals surface area contributed by atoms with Crippen molar-refractivity contribution in [1.82, 2.24) is 15.1 Å². The number of ether oxygens (including phenoxy) is 8. The van der Waals surface area contributed by atoms with E-state index in [-0.39, 0.29) is 56.1 Å². The summed E-state index contributed by atoms with van der Waals surface area (Å²) in [4.78, 5) is 59.1. The number of halogens is 1. The molecule has 6 unspecified atom stereocenters. The Hall–Kier alpha value is -3.19. The van der Waals surface area contributed by atoms with Gasteiger partial charge in [0.15, 0.2) is 41.8 Å². The van der Waals surface area contributed by atoms with Gasteiger partial charge in [0.2, 0.25) is 0 Å². The number of methoxy groups -OCH3 is 1. The molecule has 26 atom stereocenters. The highest BCUT2D eigenvalue weighted by Gasteiger charge is 2.76. The molecular formula is C61H98FN3O17. The minimum atomic E-state index is -2.12. The summed E-state index contributed by atoms with van der Waals surface area (Å²) in [6.45, 7) is 22.1. The summed E-state index contributed by atoms with van der Waals surface area (Å²) in [5.74, 6) is -5.53. The third-order valence-electron chi connectivity index (χ3n) is 21.5. The van der Waals surface area contributed by atoms with E-state index in [2.05, 4.69) is 10.2 Å². The fourth-order valence-corrected chi connectivity index (χ4v) is 16.7. The first kappa shape index (κ1) is 64.8. The number of rotatable bonds is 12. The predicted octanol–water partition coefficient (Wildman–Crippen LogP) is 4.92. The first-order valence-electron chi connectivity index (χ1n) is 30.3. The Balaban J connectivity index is 1.07. The van der Waals surface area contributed by atoms with E-state index in [0.29, 0.717) is 50.8 Å². The molecule has 21 heteroatoms. The highest BCUT2D eigenvalue weighted by molar-refractivity contribution is 6.01. The first-order chi connectivity index (χ1) is 38.2. The van der Waals surface area contributed by atoms with E-state index in [4.69, 9.17) is 37.9 Å². The molecule has 0 bridgehead atoms. The fourth-order valence-electron chi connectivity index (χ4n) is 16.7. The van der Waals surface area contributed by atoms with Gasteiger partial charge in [-0.2, -0.15) is 0 Å². The van der Waals surface area contributed by atoms with Crippen LogP contribution in [0, 0.1) is 46.3 Å². The summed E-state index contributed by atoms with van der Waals surface area (Å²) in [7, 11) is 5.22. The van der Waals surface area contributed by atoms with Gasteiger partial charge in [0.05, 0.1) is 47.6 Å². The van der Waals surface area contributed by atoms with Crippen molar-refractivity contribution in [3.8, 4) is 0 Å². The molecule has 0 aromatic rings. The quantitative estimate of drug-likeness (QED) is 0.112. The van der Waals surface area contributed by atoms with Crippen LogP contribution in [-0.4, -0.2) is 208 Å². The van der Waals surface area contributed by atoms with Crippen LogP contribution in [-0.2, 0) is 52.3 Å². The lowest BCUT2D eigenvalue weighted by molar-refractivity contribution is -0.318. The maximum atomic E-state index is 17.9. The molecule has 82 heavy (non-hydrogen) atoms. The lowest BCUT2D eigenvalue weighted by Crippen LogP contribution is -2.70. The molecule has 4 aliphatic carbocycles. The van der Waals surface area contributed by atoms with Crippen LogP contribution >= 0.6 is 0 Å². The van der Waals surface area contributed by atoms with Crippen molar-refractivity contribution in [3.63, 3.8) is 0 Å². The number of allylic oxidation sites excluding steroid dienone is 4. The van der Waals surface area contributed by atoms with Gasteiger partial charge in [-0.25, -0.2) is 9.18 Å². The summed E-state index contributed by atoms with van der Waals surface area (Å²) in [6, 6.07) is -0.943. The molecule has 6 N–H and O–H groups in total. The zero-order chi connectivity index (χ0) is 60.6. The number of aliphatic hydroxyl groups excluding tert-OH is 3. The lowest BCUT2D eigenvalue weighted by Gasteiger charge is -2.62. The number of carbonyl (C=O) groups excluding carboxylic acids is 4. The molecule has 4 heterocycles. The summed E-state index contributed by atoms with van der Waals surface area (Å²) >= 11 is 0. The van der Waals surface area contributed by atoms with Gasteiger partial charge in [0.1, 0.15) is 18.3 Å². The number of amides is 1. The Morgan fingerprint density at radius 1 is 0.902 bits per heavy atom. The van der Waals surface area contributed by atoms with Gasteiger partial charge in [-0.05, 0) is 144 Å². The number of cyclic esters (lactones) is 1. The maximum absolute atomic E-state index is 17.9. The number of nitrogens with one attached hydrogen (secondary N) is 1. The molecule has 1 amide bonds. The number of likely N-dealkylation sites (N-methyl/N-ethyl adjacent to an activating group) is 1. The summed E-state index contributed by atoms with van der Waals surface area (Å²) in [5, 5.41) is 63.9. The van der Waals surface area contributed by atoms with Crippen LogP contribution in [0.2, 0.25) is 0 Å². The van der Waals surface area contributed by atoms with E-state index in [1.54, 1.807) is 68.4 Å². The Labute approximate surface area is 484 Å². The topological polar surface area (TPSA) is 262 Å². The normalized spacial score (nSPS) is 49.4. The second kappa shape index (κ2) is 24.2. The van der Waals surface area contributed by atoms with Crippen molar-refractivity contribution in [1.29, 1.82) is 0 Å². The number of esters is 1. The van der Waals surface area contributed by atoms with E-state index in [1.165, 1.54) is 19.3 Å². The van der Waals surface area contributed by atoms with Crippen LogP contribution < -0.4 is 5.32 Å². The van der Waals surface area contributed by atoms with Gasteiger partial charge in [-0.3, -0.25) is 19.3 Å². The van der Waals surface area contributed by atoms with Crippen LogP contribution in [0.1, 0.15) is 141 Å². The van der Waals surface area contributed by atoms with Crippen LogP contribution in [0.25, 0.3) is 0 Å². The second-order valence-corrected chi connectivity index (χ2v) is 27.3. The molecule has 7 fully saturated rings. The monoisotopic (exact) mass is 1160 g/mol. The van der Waals surface area contributed by atoms with Crippen molar-refractivity contribution in [3.05, 3.63) is 23.8 Å². The number of ketones is 1. The minimum absolute atomic E-state index is 0.0744. The molecule has 8 aliphatic rings. The Bertz CT molecular complexity index is 2400. The Kier molecular flexibility index (Phi) is 19.1.